The van der Waals surface area contributed by atoms with Gasteiger partial charge in [-0.2, -0.15) is 0 Å². The number of carbonyl (C=O) groups is 1. The van der Waals surface area contributed by atoms with E-state index in [0.717, 1.165) is 23.0 Å². The van der Waals surface area contributed by atoms with Gasteiger partial charge in [0.25, 0.3) is 5.91 Å². The van der Waals surface area contributed by atoms with Gasteiger partial charge in [0.05, 0.1) is 5.01 Å². The highest BCUT2D eigenvalue weighted by atomic mass is 32.1. The summed E-state index contributed by atoms with van der Waals surface area (Å²) in [4.78, 5) is 14.2. The topological polar surface area (TPSA) is 81.8 Å². The Morgan fingerprint density at radius 2 is 2.44 bits per heavy atom. The zero-order valence-electron chi connectivity index (χ0n) is 8.37. The third kappa shape index (κ3) is 4.28. The van der Waals surface area contributed by atoms with E-state index in [0.29, 0.717) is 0 Å². The van der Waals surface area contributed by atoms with Crippen molar-refractivity contribution >= 4 is 28.8 Å². The molecule has 0 fully saturated rings. The Morgan fingerprint density at radius 1 is 1.62 bits per heavy atom. The van der Waals surface area contributed by atoms with Gasteiger partial charge in [0.15, 0.2) is 5.69 Å². The Kier molecular flexibility index (Phi) is 5.30. The van der Waals surface area contributed by atoms with Gasteiger partial charge in [-0.05, 0) is 11.5 Å². The molecule has 0 bridgehead atoms. The number of allylic oxidation sites excluding steroid dienone is 1. The fourth-order valence-corrected chi connectivity index (χ4v) is 1.81. The molecule has 2 heterocycles. The van der Waals surface area contributed by atoms with Crippen molar-refractivity contribution in [3.05, 3.63) is 40.3 Å². The van der Waals surface area contributed by atoms with Crippen LogP contribution in [0.3, 0.4) is 0 Å². The van der Waals surface area contributed by atoms with Crippen molar-refractivity contribution in [2.45, 2.75) is 6.42 Å². The molecule has 0 saturated carbocycles. The Bertz CT molecular complexity index is 424. The van der Waals surface area contributed by atoms with Crippen LogP contribution in [0.4, 0.5) is 0 Å². The second-order valence-corrected chi connectivity index (χ2v) is 4.16. The van der Waals surface area contributed by atoms with E-state index in [2.05, 4.69) is 21.1 Å². The molecule has 5 nitrogen and oxygen atoms in total. The minimum Gasteiger partial charge on any atom is -0.364 e. The maximum atomic E-state index is 10.2. The average Bonchev–Trinajstić information content (AvgIpc) is 2.91. The maximum Gasteiger partial charge on any atom is 0.270 e. The molecule has 0 aromatic carbocycles. The Morgan fingerprint density at radius 3 is 2.81 bits per heavy atom. The Labute approximate surface area is 101 Å². The molecule has 0 aliphatic carbocycles. The molecule has 16 heavy (non-hydrogen) atoms. The molecule has 84 valence electrons. The number of thiazole rings is 1. The first-order chi connectivity index (χ1) is 7.74. The standard InChI is InChI=1S/C6H7NS.C3H3N3OS/c1-2-3-6-7-4-5-8-6;4-3(7)2-1-8-6-5-2/h2,4-5H,1,3H2;1H,(H2,4,7). The van der Waals surface area contributed by atoms with Crippen LogP contribution < -0.4 is 5.73 Å². The van der Waals surface area contributed by atoms with Gasteiger partial charge in [0.1, 0.15) is 0 Å². The zero-order valence-corrected chi connectivity index (χ0v) is 10.0. The highest BCUT2D eigenvalue weighted by molar-refractivity contribution is 7.09. The van der Waals surface area contributed by atoms with Gasteiger partial charge < -0.3 is 5.73 Å². The minimum atomic E-state index is -0.529. The second-order valence-electron chi connectivity index (χ2n) is 2.57. The molecule has 7 heteroatoms. The predicted octanol–water partition coefficient (Wildman–Crippen LogP) is 1.51. The summed E-state index contributed by atoms with van der Waals surface area (Å²) in [7, 11) is 0. The van der Waals surface area contributed by atoms with Crippen LogP contribution in [0.25, 0.3) is 0 Å². The number of amides is 1. The number of hydrogen-bond donors (Lipinski definition) is 1. The normalized spacial score (nSPS) is 9.00. The van der Waals surface area contributed by atoms with E-state index in [-0.39, 0.29) is 5.69 Å². The predicted molar refractivity (Wildman–Crippen MR) is 64.4 cm³/mol. The number of rotatable bonds is 3. The third-order valence-electron chi connectivity index (χ3n) is 1.41. The van der Waals surface area contributed by atoms with E-state index in [9.17, 15) is 4.79 Å². The number of aromatic nitrogens is 3. The maximum absolute atomic E-state index is 10.2. The summed E-state index contributed by atoms with van der Waals surface area (Å²) in [5, 5.41) is 8.02. The molecule has 0 spiro atoms. The quantitative estimate of drug-likeness (QED) is 0.842. The van der Waals surface area contributed by atoms with Crippen LogP contribution in [0.15, 0.2) is 29.6 Å². The van der Waals surface area contributed by atoms with E-state index in [1.165, 1.54) is 5.38 Å². The number of hydrogen-bond acceptors (Lipinski definition) is 6. The molecular formula is C9H10N4OS2. The van der Waals surface area contributed by atoms with Gasteiger partial charge in [-0.3, -0.25) is 4.79 Å². The molecular weight excluding hydrogens is 244 g/mol. The molecule has 0 radical (unpaired) electrons. The highest BCUT2D eigenvalue weighted by Crippen LogP contribution is 2.03. The smallest absolute Gasteiger partial charge is 0.270 e. The van der Waals surface area contributed by atoms with Crippen LogP contribution in [-0.2, 0) is 6.42 Å². The molecule has 2 aromatic rings. The minimum absolute atomic E-state index is 0.231. The van der Waals surface area contributed by atoms with Crippen molar-refractivity contribution in [1.82, 2.24) is 14.6 Å². The Balaban J connectivity index is 0.000000160. The first kappa shape index (κ1) is 12.5. The number of primary amides is 1. The molecule has 0 saturated heterocycles. The summed E-state index contributed by atoms with van der Waals surface area (Å²) in [6, 6.07) is 0. The van der Waals surface area contributed by atoms with Gasteiger partial charge in [-0.1, -0.05) is 10.6 Å². The molecule has 0 unspecified atom stereocenters. The van der Waals surface area contributed by atoms with Gasteiger partial charge in [-0.15, -0.1) is 23.0 Å². The lowest BCUT2D eigenvalue weighted by Gasteiger charge is -1.79. The van der Waals surface area contributed by atoms with Crippen LogP contribution >= 0.6 is 22.9 Å². The molecule has 2 aromatic heterocycles. The molecule has 2 N–H and O–H groups in total. The summed E-state index contributed by atoms with van der Waals surface area (Å²) in [5.74, 6) is -0.529. The summed E-state index contributed by atoms with van der Waals surface area (Å²) in [5.41, 5.74) is 5.05. The van der Waals surface area contributed by atoms with Gasteiger partial charge in [-0.25, -0.2) is 4.98 Å². The number of nitrogens with two attached hydrogens (primary N) is 1. The number of nitrogens with zero attached hydrogens (tertiary/aromatic N) is 3. The lowest BCUT2D eigenvalue weighted by Crippen LogP contribution is -2.10. The van der Waals surface area contributed by atoms with Gasteiger partial charge in [0, 0.05) is 23.4 Å². The molecule has 0 atom stereocenters. The lowest BCUT2D eigenvalue weighted by atomic mass is 10.4. The van der Waals surface area contributed by atoms with Crippen molar-refractivity contribution < 1.29 is 4.79 Å². The van der Waals surface area contributed by atoms with Crippen LogP contribution in [-0.4, -0.2) is 20.5 Å². The third-order valence-corrected chi connectivity index (χ3v) is 2.72. The molecule has 0 aliphatic rings. The number of carbonyl (C=O) groups excluding carboxylic acids is 1. The fraction of sp³-hybridized carbons (Fsp3) is 0.111. The van der Waals surface area contributed by atoms with Crippen molar-refractivity contribution in [3.63, 3.8) is 0 Å². The fourth-order valence-electron chi connectivity index (χ4n) is 0.749. The monoisotopic (exact) mass is 254 g/mol. The summed E-state index contributed by atoms with van der Waals surface area (Å²) >= 11 is 2.77. The first-order valence-corrected chi connectivity index (χ1v) is 6.01. The first-order valence-electron chi connectivity index (χ1n) is 4.30. The van der Waals surface area contributed by atoms with E-state index in [1.54, 1.807) is 11.3 Å². The van der Waals surface area contributed by atoms with Crippen LogP contribution in [0.1, 0.15) is 15.5 Å². The van der Waals surface area contributed by atoms with Crippen LogP contribution in [0.5, 0.6) is 0 Å². The van der Waals surface area contributed by atoms with E-state index < -0.39 is 5.91 Å². The van der Waals surface area contributed by atoms with Crippen molar-refractivity contribution in [2.24, 2.45) is 5.73 Å². The van der Waals surface area contributed by atoms with Crippen LogP contribution in [0, 0.1) is 0 Å². The zero-order chi connectivity index (χ0) is 11.8. The summed E-state index contributed by atoms with van der Waals surface area (Å²) in [6.45, 7) is 3.60. The van der Waals surface area contributed by atoms with E-state index >= 15 is 0 Å². The van der Waals surface area contributed by atoms with Crippen molar-refractivity contribution in [2.75, 3.05) is 0 Å². The lowest BCUT2D eigenvalue weighted by molar-refractivity contribution is 0.0995. The van der Waals surface area contributed by atoms with Gasteiger partial charge in [0.2, 0.25) is 0 Å². The SMILES string of the molecule is C=CCc1nccs1.NC(=O)c1csnn1. The molecule has 0 aliphatic heterocycles. The largest absolute Gasteiger partial charge is 0.364 e. The van der Waals surface area contributed by atoms with Crippen molar-refractivity contribution in [3.8, 4) is 0 Å². The van der Waals surface area contributed by atoms with Crippen LogP contribution in [0.2, 0.25) is 0 Å². The average molecular weight is 254 g/mol. The summed E-state index contributed by atoms with van der Waals surface area (Å²) < 4.78 is 3.43. The molecule has 2 rings (SSSR count). The van der Waals surface area contributed by atoms with Crippen molar-refractivity contribution in [1.29, 1.82) is 0 Å². The van der Waals surface area contributed by atoms with E-state index in [1.807, 2.05) is 17.7 Å². The van der Waals surface area contributed by atoms with E-state index in [4.69, 9.17) is 5.73 Å². The van der Waals surface area contributed by atoms with Gasteiger partial charge >= 0.3 is 0 Å². The molecule has 1 amide bonds. The highest BCUT2D eigenvalue weighted by Gasteiger charge is 1.99. The second kappa shape index (κ2) is 6.81. The Hall–Kier alpha value is -1.60. The summed E-state index contributed by atoms with van der Waals surface area (Å²) in [6.07, 6.45) is 4.57.